The Kier molecular flexibility index (Phi) is 5.29. The number of ether oxygens (including phenoxy) is 3. The van der Waals surface area contributed by atoms with Gasteiger partial charge in [-0.25, -0.2) is 0 Å². The van der Waals surface area contributed by atoms with Gasteiger partial charge in [-0.15, -0.1) is 0 Å². The minimum atomic E-state index is 0.327. The van der Waals surface area contributed by atoms with Crippen molar-refractivity contribution >= 4 is 40.1 Å². The lowest BCUT2D eigenvalue weighted by atomic mass is 10.0. The number of rotatable bonds is 6. The first kappa shape index (κ1) is 19.7. The quantitative estimate of drug-likeness (QED) is 0.394. The molecule has 0 fully saturated rings. The molecule has 0 saturated heterocycles. The Balaban J connectivity index is 1.74. The highest BCUT2D eigenvalue weighted by Gasteiger charge is 2.16. The lowest BCUT2D eigenvalue weighted by Gasteiger charge is -2.14. The molecule has 0 amide bonds. The molecule has 0 bridgehead atoms. The summed E-state index contributed by atoms with van der Waals surface area (Å²) in [7, 11) is 4.68. The zero-order valence-electron chi connectivity index (χ0n) is 16.7. The van der Waals surface area contributed by atoms with Crippen LogP contribution < -0.4 is 25.3 Å². The van der Waals surface area contributed by atoms with Gasteiger partial charge in [-0.05, 0) is 23.8 Å². The number of methoxy groups -OCH3 is 3. The second kappa shape index (κ2) is 8.04. The molecule has 0 saturated carbocycles. The number of hydrogen-bond acceptors (Lipinski definition) is 7. The van der Waals surface area contributed by atoms with Gasteiger partial charge in [0.15, 0.2) is 17.1 Å². The van der Waals surface area contributed by atoms with E-state index in [-0.39, 0.29) is 0 Å². The van der Waals surface area contributed by atoms with Crippen molar-refractivity contribution in [3.05, 3.63) is 53.6 Å². The van der Waals surface area contributed by atoms with Gasteiger partial charge in [0.05, 0.1) is 32.0 Å². The summed E-state index contributed by atoms with van der Waals surface area (Å²) in [6, 6.07) is 15.1. The van der Waals surface area contributed by atoms with Gasteiger partial charge in [0, 0.05) is 23.4 Å². The van der Waals surface area contributed by atoms with Gasteiger partial charge < -0.3 is 29.7 Å². The van der Waals surface area contributed by atoms with E-state index in [1.165, 1.54) is 0 Å². The van der Waals surface area contributed by atoms with Crippen LogP contribution >= 0.6 is 11.6 Å². The van der Waals surface area contributed by atoms with Gasteiger partial charge >= 0.3 is 0 Å². The van der Waals surface area contributed by atoms with E-state index in [1.807, 2.05) is 30.3 Å². The van der Waals surface area contributed by atoms with Crippen molar-refractivity contribution in [2.75, 3.05) is 32.4 Å². The molecule has 0 radical (unpaired) electrons. The smallest absolute Gasteiger partial charge is 0.300 e. The van der Waals surface area contributed by atoms with Gasteiger partial charge in [0.2, 0.25) is 5.75 Å². The number of aromatic nitrogens is 1. The zero-order chi connectivity index (χ0) is 21.3. The lowest BCUT2D eigenvalue weighted by Crippen LogP contribution is -1.97. The zero-order valence-corrected chi connectivity index (χ0v) is 17.4. The molecule has 8 heteroatoms. The van der Waals surface area contributed by atoms with Crippen molar-refractivity contribution in [3.8, 4) is 28.4 Å². The molecule has 0 atom stereocenters. The van der Waals surface area contributed by atoms with Crippen molar-refractivity contribution in [1.82, 2.24) is 4.98 Å². The Morgan fingerprint density at radius 1 is 0.967 bits per heavy atom. The van der Waals surface area contributed by atoms with E-state index in [4.69, 9.17) is 36.0 Å². The molecule has 0 aliphatic rings. The molecule has 4 aromatic rings. The summed E-state index contributed by atoms with van der Waals surface area (Å²) in [6.07, 6.45) is 0. The molecular weight excluding hydrogens is 406 g/mol. The van der Waals surface area contributed by atoms with Gasteiger partial charge in [-0.2, -0.15) is 4.98 Å². The number of hydrogen-bond donors (Lipinski definition) is 2. The number of benzene rings is 3. The summed E-state index contributed by atoms with van der Waals surface area (Å²) in [5, 5.41) is 3.66. The average Bonchev–Trinajstić information content (AvgIpc) is 3.17. The Bertz CT molecular complexity index is 1200. The maximum atomic E-state index is 6.05. The second-order valence-electron chi connectivity index (χ2n) is 6.45. The second-order valence-corrected chi connectivity index (χ2v) is 6.86. The van der Waals surface area contributed by atoms with Crippen LogP contribution in [-0.2, 0) is 0 Å². The highest BCUT2D eigenvalue weighted by atomic mass is 35.5. The normalized spacial score (nSPS) is 10.8. The SMILES string of the molecule is COc1cc(Nc2nc3cccc(-c4ccc(Cl)c(N)c4)c3o2)cc(OC)c1OC. The van der Waals surface area contributed by atoms with Crippen LogP contribution in [0.5, 0.6) is 17.2 Å². The van der Waals surface area contributed by atoms with Crippen LogP contribution in [0.25, 0.3) is 22.2 Å². The average molecular weight is 426 g/mol. The number of halogens is 1. The molecule has 1 heterocycles. The summed E-state index contributed by atoms with van der Waals surface area (Å²) in [5.74, 6) is 1.55. The third-order valence-corrected chi connectivity index (χ3v) is 4.98. The minimum absolute atomic E-state index is 0.327. The molecule has 3 aromatic carbocycles. The Morgan fingerprint density at radius 2 is 1.70 bits per heavy atom. The number of nitrogen functional groups attached to an aromatic ring is 1. The molecule has 7 nitrogen and oxygen atoms in total. The van der Waals surface area contributed by atoms with Crippen molar-refractivity contribution in [2.24, 2.45) is 0 Å². The molecule has 30 heavy (non-hydrogen) atoms. The van der Waals surface area contributed by atoms with E-state index in [1.54, 1.807) is 39.5 Å². The standard InChI is InChI=1S/C22H20ClN3O4/c1-27-18-10-13(11-19(28-2)21(18)29-3)25-22-26-17-6-4-5-14(20(17)30-22)12-7-8-15(23)16(24)9-12/h4-11H,24H2,1-3H3,(H,25,26). The summed E-state index contributed by atoms with van der Waals surface area (Å²) in [4.78, 5) is 4.54. The van der Waals surface area contributed by atoms with Crippen molar-refractivity contribution in [1.29, 1.82) is 0 Å². The first-order valence-electron chi connectivity index (χ1n) is 9.06. The third-order valence-electron chi connectivity index (χ3n) is 4.64. The maximum absolute atomic E-state index is 6.05. The van der Waals surface area contributed by atoms with Crippen molar-refractivity contribution in [3.63, 3.8) is 0 Å². The van der Waals surface area contributed by atoms with Crippen LogP contribution in [0.1, 0.15) is 0 Å². The lowest BCUT2D eigenvalue weighted by molar-refractivity contribution is 0.324. The van der Waals surface area contributed by atoms with Gasteiger partial charge in [-0.1, -0.05) is 29.8 Å². The Labute approximate surface area is 178 Å². The number of para-hydroxylation sites is 1. The molecule has 4 rings (SSSR count). The molecule has 0 aliphatic carbocycles. The monoisotopic (exact) mass is 425 g/mol. The summed E-state index contributed by atoms with van der Waals surface area (Å²) in [6.45, 7) is 0. The van der Waals surface area contributed by atoms with Crippen LogP contribution in [0, 0.1) is 0 Å². The van der Waals surface area contributed by atoms with Crippen LogP contribution in [0.2, 0.25) is 5.02 Å². The predicted molar refractivity (Wildman–Crippen MR) is 118 cm³/mol. The highest BCUT2D eigenvalue weighted by Crippen LogP contribution is 2.41. The van der Waals surface area contributed by atoms with Crippen molar-refractivity contribution in [2.45, 2.75) is 0 Å². The number of nitrogens with one attached hydrogen (secondary N) is 1. The first-order chi connectivity index (χ1) is 14.5. The van der Waals surface area contributed by atoms with E-state index in [9.17, 15) is 0 Å². The molecule has 0 aliphatic heterocycles. The number of anilines is 3. The number of nitrogens with two attached hydrogens (primary N) is 1. The number of oxazole rings is 1. The van der Waals surface area contributed by atoms with Crippen LogP contribution in [-0.4, -0.2) is 26.3 Å². The topological polar surface area (TPSA) is 91.8 Å². The number of fused-ring (bicyclic) bond motifs is 1. The fourth-order valence-corrected chi connectivity index (χ4v) is 3.34. The maximum Gasteiger partial charge on any atom is 0.300 e. The molecular formula is C22H20ClN3O4. The van der Waals surface area contributed by atoms with Gasteiger partial charge in [0.25, 0.3) is 6.01 Å². The Hall–Kier alpha value is -3.58. The van der Waals surface area contributed by atoms with Gasteiger partial charge in [0.1, 0.15) is 5.52 Å². The van der Waals surface area contributed by atoms with Crippen molar-refractivity contribution < 1.29 is 18.6 Å². The first-order valence-corrected chi connectivity index (χ1v) is 9.43. The molecule has 3 N–H and O–H groups in total. The van der Waals surface area contributed by atoms with E-state index >= 15 is 0 Å². The van der Waals surface area contributed by atoms with E-state index < -0.39 is 0 Å². The van der Waals surface area contributed by atoms with Gasteiger partial charge in [-0.3, -0.25) is 0 Å². The van der Waals surface area contributed by atoms with E-state index in [0.29, 0.717) is 50.8 Å². The fourth-order valence-electron chi connectivity index (χ4n) is 3.22. The fraction of sp³-hybridized carbons (Fsp3) is 0.136. The van der Waals surface area contributed by atoms with Crippen LogP contribution in [0.4, 0.5) is 17.4 Å². The van der Waals surface area contributed by atoms with E-state index in [0.717, 1.165) is 11.1 Å². The molecule has 0 spiro atoms. The van der Waals surface area contributed by atoms with Crippen LogP contribution in [0.15, 0.2) is 52.9 Å². The largest absolute Gasteiger partial charge is 0.493 e. The van der Waals surface area contributed by atoms with E-state index in [2.05, 4.69) is 10.3 Å². The summed E-state index contributed by atoms with van der Waals surface area (Å²) < 4.78 is 22.2. The molecule has 0 unspecified atom stereocenters. The molecule has 154 valence electrons. The summed E-state index contributed by atoms with van der Waals surface area (Å²) >= 11 is 6.05. The summed E-state index contributed by atoms with van der Waals surface area (Å²) in [5.41, 5.74) is 10.2. The predicted octanol–water partition coefficient (Wildman–Crippen LogP) is 5.50. The minimum Gasteiger partial charge on any atom is -0.493 e. The highest BCUT2D eigenvalue weighted by molar-refractivity contribution is 6.33. The molecule has 1 aromatic heterocycles. The third kappa shape index (κ3) is 3.55. The Morgan fingerprint density at radius 3 is 2.33 bits per heavy atom. The number of nitrogens with zero attached hydrogens (tertiary/aromatic N) is 1. The van der Waals surface area contributed by atoms with Crippen LogP contribution in [0.3, 0.4) is 0 Å².